The van der Waals surface area contributed by atoms with Gasteiger partial charge in [0, 0.05) is 17.4 Å². The van der Waals surface area contributed by atoms with Crippen LogP contribution in [-0.4, -0.2) is 10.9 Å². The summed E-state index contributed by atoms with van der Waals surface area (Å²) in [6.45, 7) is 3.97. The topological polar surface area (TPSA) is 54.0 Å². The molecule has 0 fully saturated rings. The molecule has 29 heavy (non-hydrogen) atoms. The first-order valence-electron chi connectivity index (χ1n) is 9.68. The number of fused-ring (bicyclic) bond motifs is 1. The zero-order chi connectivity index (χ0) is 20.2. The van der Waals surface area contributed by atoms with E-state index in [0.717, 1.165) is 27.9 Å². The van der Waals surface area contributed by atoms with Crippen LogP contribution < -0.4 is 10.6 Å². The number of amides is 1. The van der Waals surface area contributed by atoms with E-state index in [4.69, 9.17) is 0 Å². The number of rotatable bonds is 5. The van der Waals surface area contributed by atoms with E-state index in [9.17, 15) is 4.79 Å². The first-order chi connectivity index (χ1) is 14.1. The Hall–Kier alpha value is -3.66. The Morgan fingerprint density at radius 3 is 2.59 bits per heavy atom. The maximum absolute atomic E-state index is 13.0. The molecular formula is C25H23N3O. The number of benzene rings is 3. The maximum atomic E-state index is 13.0. The van der Waals surface area contributed by atoms with Crippen LogP contribution in [-0.2, 0) is 0 Å². The summed E-state index contributed by atoms with van der Waals surface area (Å²) < 4.78 is 0. The lowest BCUT2D eigenvalue weighted by Crippen LogP contribution is -2.27. The molecule has 4 heteroatoms. The molecule has 0 saturated carbocycles. The highest BCUT2D eigenvalue weighted by molar-refractivity contribution is 5.97. The van der Waals surface area contributed by atoms with Crippen molar-refractivity contribution in [1.82, 2.24) is 10.3 Å². The molecule has 1 heterocycles. The van der Waals surface area contributed by atoms with Gasteiger partial charge in [0.05, 0.1) is 17.9 Å². The van der Waals surface area contributed by atoms with E-state index in [-0.39, 0.29) is 11.9 Å². The highest BCUT2D eigenvalue weighted by Gasteiger charge is 2.16. The molecule has 0 radical (unpaired) electrons. The molecule has 144 valence electrons. The molecule has 0 saturated heterocycles. The SMILES string of the molecule is Cc1ccc(Nc2cccnc2)cc1C(=O)N[C@H](C)c1cccc2ccccc12. The first kappa shape index (κ1) is 18.7. The van der Waals surface area contributed by atoms with Crippen LogP contribution in [0.5, 0.6) is 0 Å². The fourth-order valence-electron chi connectivity index (χ4n) is 3.53. The van der Waals surface area contributed by atoms with Gasteiger partial charge in [-0.25, -0.2) is 0 Å². The van der Waals surface area contributed by atoms with Gasteiger partial charge in [0.2, 0.25) is 0 Å². The van der Waals surface area contributed by atoms with Crippen molar-refractivity contribution in [3.8, 4) is 0 Å². The molecule has 4 aromatic rings. The predicted molar refractivity (Wildman–Crippen MR) is 119 cm³/mol. The Labute approximate surface area is 170 Å². The van der Waals surface area contributed by atoms with Crippen molar-refractivity contribution in [3.05, 3.63) is 102 Å². The molecule has 0 aliphatic rings. The number of carbonyl (C=O) groups is 1. The number of aromatic nitrogens is 1. The second-order valence-electron chi connectivity index (χ2n) is 7.16. The van der Waals surface area contributed by atoms with Crippen molar-refractivity contribution in [3.63, 3.8) is 0 Å². The van der Waals surface area contributed by atoms with E-state index in [2.05, 4.69) is 39.9 Å². The van der Waals surface area contributed by atoms with E-state index in [1.807, 2.05) is 62.4 Å². The summed E-state index contributed by atoms with van der Waals surface area (Å²) in [7, 11) is 0. The first-order valence-corrected chi connectivity index (χ1v) is 9.68. The van der Waals surface area contributed by atoms with Gasteiger partial charge < -0.3 is 10.6 Å². The standard InChI is InChI=1S/C25H23N3O/c1-17-12-13-20(28-21-9-6-14-26-16-21)15-24(17)25(29)27-18(2)22-11-5-8-19-7-3-4-10-23(19)22/h3-16,18,28H,1-2H3,(H,27,29)/t18-/m1/s1. The minimum absolute atomic E-state index is 0.0854. The van der Waals surface area contributed by atoms with Crippen LogP contribution in [0.4, 0.5) is 11.4 Å². The quantitative estimate of drug-likeness (QED) is 0.461. The third-order valence-corrected chi connectivity index (χ3v) is 5.07. The van der Waals surface area contributed by atoms with Gasteiger partial charge >= 0.3 is 0 Å². The molecule has 0 unspecified atom stereocenters. The summed E-state index contributed by atoms with van der Waals surface area (Å²) in [6.07, 6.45) is 3.48. The largest absolute Gasteiger partial charge is 0.354 e. The lowest BCUT2D eigenvalue weighted by Gasteiger charge is -2.18. The summed E-state index contributed by atoms with van der Waals surface area (Å²) >= 11 is 0. The minimum Gasteiger partial charge on any atom is -0.354 e. The molecule has 3 aromatic carbocycles. The van der Waals surface area contributed by atoms with Gasteiger partial charge in [-0.3, -0.25) is 9.78 Å². The van der Waals surface area contributed by atoms with E-state index >= 15 is 0 Å². The summed E-state index contributed by atoms with van der Waals surface area (Å²) in [5, 5.41) is 8.78. The van der Waals surface area contributed by atoms with Crippen molar-refractivity contribution in [2.75, 3.05) is 5.32 Å². The normalized spacial score (nSPS) is 11.8. The molecule has 0 aliphatic heterocycles. The van der Waals surface area contributed by atoms with Gasteiger partial charge in [0.15, 0.2) is 0 Å². The second kappa shape index (κ2) is 8.15. The number of hydrogen-bond donors (Lipinski definition) is 2. The Balaban J connectivity index is 1.57. The zero-order valence-corrected chi connectivity index (χ0v) is 16.5. The number of anilines is 2. The van der Waals surface area contributed by atoms with E-state index in [1.54, 1.807) is 12.4 Å². The second-order valence-corrected chi connectivity index (χ2v) is 7.16. The maximum Gasteiger partial charge on any atom is 0.252 e. The average molecular weight is 381 g/mol. The Morgan fingerprint density at radius 1 is 0.931 bits per heavy atom. The number of pyridine rings is 1. The fourth-order valence-corrected chi connectivity index (χ4v) is 3.53. The van der Waals surface area contributed by atoms with Crippen molar-refractivity contribution in [1.29, 1.82) is 0 Å². The number of aryl methyl sites for hydroxylation is 1. The fraction of sp³-hybridized carbons (Fsp3) is 0.120. The smallest absolute Gasteiger partial charge is 0.252 e. The molecule has 1 amide bonds. The minimum atomic E-state index is -0.108. The van der Waals surface area contributed by atoms with Crippen LogP contribution in [0.3, 0.4) is 0 Å². The molecule has 0 aliphatic carbocycles. The van der Waals surface area contributed by atoms with E-state index in [1.165, 1.54) is 5.39 Å². The van der Waals surface area contributed by atoms with E-state index in [0.29, 0.717) is 5.56 Å². The van der Waals surface area contributed by atoms with Crippen LogP contribution in [0.1, 0.15) is 34.5 Å². The van der Waals surface area contributed by atoms with Crippen molar-refractivity contribution >= 4 is 28.1 Å². The molecule has 4 rings (SSSR count). The van der Waals surface area contributed by atoms with Crippen LogP contribution in [0.2, 0.25) is 0 Å². The molecular weight excluding hydrogens is 358 g/mol. The van der Waals surface area contributed by atoms with E-state index < -0.39 is 0 Å². The number of carbonyl (C=O) groups excluding carboxylic acids is 1. The number of hydrogen-bond acceptors (Lipinski definition) is 3. The lowest BCUT2D eigenvalue weighted by molar-refractivity contribution is 0.0939. The molecule has 0 spiro atoms. The van der Waals surface area contributed by atoms with Gasteiger partial charge in [-0.1, -0.05) is 48.5 Å². The van der Waals surface area contributed by atoms with Crippen LogP contribution in [0, 0.1) is 6.92 Å². The molecule has 2 N–H and O–H groups in total. The summed E-state index contributed by atoms with van der Waals surface area (Å²) in [5.41, 5.74) is 4.44. The van der Waals surface area contributed by atoms with Crippen molar-refractivity contribution < 1.29 is 4.79 Å². The van der Waals surface area contributed by atoms with Gasteiger partial charge in [-0.15, -0.1) is 0 Å². The van der Waals surface area contributed by atoms with Crippen LogP contribution >= 0.6 is 0 Å². The highest BCUT2D eigenvalue weighted by Crippen LogP contribution is 2.25. The third-order valence-electron chi connectivity index (χ3n) is 5.07. The van der Waals surface area contributed by atoms with Crippen molar-refractivity contribution in [2.45, 2.75) is 19.9 Å². The Kier molecular flexibility index (Phi) is 5.25. The molecule has 4 nitrogen and oxygen atoms in total. The summed E-state index contributed by atoms with van der Waals surface area (Å²) in [6, 6.07) is 23.9. The van der Waals surface area contributed by atoms with Crippen LogP contribution in [0.15, 0.2) is 85.2 Å². The molecule has 0 bridgehead atoms. The Bertz CT molecular complexity index is 1150. The molecule has 1 aromatic heterocycles. The van der Waals surface area contributed by atoms with Crippen LogP contribution in [0.25, 0.3) is 10.8 Å². The number of nitrogens with one attached hydrogen (secondary N) is 2. The lowest BCUT2D eigenvalue weighted by atomic mass is 9.99. The third kappa shape index (κ3) is 4.11. The van der Waals surface area contributed by atoms with Crippen molar-refractivity contribution in [2.24, 2.45) is 0 Å². The van der Waals surface area contributed by atoms with Gasteiger partial charge in [-0.2, -0.15) is 0 Å². The predicted octanol–water partition coefficient (Wildman–Crippen LogP) is 5.78. The number of nitrogens with zero attached hydrogens (tertiary/aromatic N) is 1. The van der Waals surface area contributed by atoms with Gasteiger partial charge in [-0.05, 0) is 60.0 Å². The molecule has 1 atom stereocenters. The summed E-state index contributed by atoms with van der Waals surface area (Å²) in [4.78, 5) is 17.2. The van der Waals surface area contributed by atoms with Gasteiger partial charge in [0.1, 0.15) is 0 Å². The highest BCUT2D eigenvalue weighted by atomic mass is 16.1. The average Bonchev–Trinajstić information content (AvgIpc) is 2.75. The van der Waals surface area contributed by atoms with Gasteiger partial charge in [0.25, 0.3) is 5.91 Å². The Morgan fingerprint density at radius 2 is 1.76 bits per heavy atom. The summed E-state index contributed by atoms with van der Waals surface area (Å²) in [5.74, 6) is -0.0854. The monoisotopic (exact) mass is 381 g/mol. The zero-order valence-electron chi connectivity index (χ0n) is 16.5.